The van der Waals surface area contributed by atoms with Crippen LogP contribution in [0.4, 0.5) is 11.5 Å². The van der Waals surface area contributed by atoms with Gasteiger partial charge in [0.05, 0.1) is 5.39 Å². The molecule has 0 aliphatic rings. The molecule has 0 aliphatic heterocycles. The summed E-state index contributed by atoms with van der Waals surface area (Å²) in [4.78, 5) is 25.4. The van der Waals surface area contributed by atoms with Gasteiger partial charge in [-0.3, -0.25) is 4.79 Å². The van der Waals surface area contributed by atoms with Gasteiger partial charge in [-0.05, 0) is 36.2 Å². The molecule has 4 rings (SSSR count). The summed E-state index contributed by atoms with van der Waals surface area (Å²) in [5.74, 6) is 0.756. The number of aryl methyl sites for hydroxylation is 1. The number of aromatic nitrogens is 2. The van der Waals surface area contributed by atoms with Crippen LogP contribution in [0.3, 0.4) is 0 Å². The van der Waals surface area contributed by atoms with Crippen LogP contribution in [0, 0.1) is 6.92 Å². The molecular formula is C23H21ClN4OS. The Morgan fingerprint density at radius 1 is 1.13 bits per heavy atom. The first-order chi connectivity index (χ1) is 14.5. The van der Waals surface area contributed by atoms with Crippen molar-refractivity contribution < 1.29 is 4.79 Å². The maximum atomic E-state index is 12.4. The van der Waals surface area contributed by atoms with Gasteiger partial charge in [0.15, 0.2) is 0 Å². The highest BCUT2D eigenvalue weighted by Crippen LogP contribution is 2.35. The number of hydrogen-bond donors (Lipinski definition) is 1. The predicted octanol–water partition coefficient (Wildman–Crippen LogP) is 5.79. The molecule has 2 heterocycles. The zero-order chi connectivity index (χ0) is 21.1. The van der Waals surface area contributed by atoms with Crippen molar-refractivity contribution in [1.29, 1.82) is 0 Å². The largest absolute Gasteiger partial charge is 0.359 e. The highest BCUT2D eigenvalue weighted by molar-refractivity contribution is 7.21. The van der Waals surface area contributed by atoms with Crippen LogP contribution in [0.5, 0.6) is 0 Å². The lowest BCUT2D eigenvalue weighted by Gasteiger charge is -2.18. The van der Waals surface area contributed by atoms with Gasteiger partial charge >= 0.3 is 0 Å². The van der Waals surface area contributed by atoms with Gasteiger partial charge in [0, 0.05) is 35.6 Å². The number of nitrogens with one attached hydrogen (secondary N) is 1. The third-order valence-corrected chi connectivity index (χ3v) is 6.36. The second kappa shape index (κ2) is 8.81. The third kappa shape index (κ3) is 4.45. The van der Waals surface area contributed by atoms with E-state index < -0.39 is 0 Å². The smallest absolute Gasteiger partial charge is 0.226 e. The Bertz CT molecular complexity index is 1190. The number of hydrogen-bond acceptors (Lipinski definition) is 5. The van der Waals surface area contributed by atoms with Gasteiger partial charge in [0.25, 0.3) is 0 Å². The first-order valence-corrected chi connectivity index (χ1v) is 10.8. The number of rotatable bonds is 6. The monoisotopic (exact) mass is 436 g/mol. The Kier molecular flexibility index (Phi) is 5.97. The number of anilines is 2. The molecule has 7 heteroatoms. The normalized spacial score (nSPS) is 10.9. The highest BCUT2D eigenvalue weighted by atomic mass is 35.5. The standard InChI is InChI=1S/C23H21ClN4OS/c1-15-8-9-17(12-19(15)24)27-21(29)10-11-28(2)22-18-13-20(16-6-4-3-5-7-16)30-23(18)26-14-25-22/h3-9,12-14H,10-11H2,1-2H3,(H,27,29). The Morgan fingerprint density at radius 3 is 2.70 bits per heavy atom. The number of nitrogens with zero attached hydrogens (tertiary/aromatic N) is 3. The van der Waals surface area contributed by atoms with Gasteiger partial charge in [-0.15, -0.1) is 11.3 Å². The van der Waals surface area contributed by atoms with Crippen molar-refractivity contribution in [1.82, 2.24) is 9.97 Å². The van der Waals surface area contributed by atoms with Crippen LogP contribution in [-0.4, -0.2) is 29.5 Å². The maximum Gasteiger partial charge on any atom is 0.226 e. The second-order valence-electron chi connectivity index (χ2n) is 7.08. The van der Waals surface area contributed by atoms with E-state index >= 15 is 0 Å². The fourth-order valence-corrected chi connectivity index (χ4v) is 4.34. The van der Waals surface area contributed by atoms with Gasteiger partial charge in [0.2, 0.25) is 5.91 Å². The van der Waals surface area contributed by atoms with Crippen LogP contribution in [-0.2, 0) is 4.79 Å². The van der Waals surface area contributed by atoms with Crippen molar-refractivity contribution >= 4 is 50.6 Å². The number of carbonyl (C=O) groups excluding carboxylic acids is 1. The fraction of sp³-hybridized carbons (Fsp3) is 0.174. The third-order valence-electron chi connectivity index (χ3n) is 4.86. The number of fused-ring (bicyclic) bond motifs is 1. The number of halogens is 1. The van der Waals surface area contributed by atoms with Crippen molar-refractivity contribution in [2.24, 2.45) is 0 Å². The molecule has 0 fully saturated rings. The topological polar surface area (TPSA) is 58.1 Å². The van der Waals surface area contributed by atoms with E-state index in [1.807, 2.05) is 49.2 Å². The fourth-order valence-electron chi connectivity index (χ4n) is 3.16. The van der Waals surface area contributed by atoms with Gasteiger partial charge in [-0.2, -0.15) is 0 Å². The van der Waals surface area contributed by atoms with Crippen LogP contribution in [0.1, 0.15) is 12.0 Å². The minimum Gasteiger partial charge on any atom is -0.359 e. The molecule has 0 aliphatic carbocycles. The first kappa shape index (κ1) is 20.3. The van der Waals surface area contributed by atoms with Crippen molar-refractivity contribution in [3.63, 3.8) is 0 Å². The van der Waals surface area contributed by atoms with Crippen LogP contribution >= 0.6 is 22.9 Å². The lowest BCUT2D eigenvalue weighted by Crippen LogP contribution is -2.24. The van der Waals surface area contributed by atoms with E-state index in [1.54, 1.807) is 23.7 Å². The molecule has 4 aromatic rings. The summed E-state index contributed by atoms with van der Waals surface area (Å²) in [5.41, 5.74) is 2.84. The Balaban J connectivity index is 1.46. The molecule has 1 amide bonds. The molecule has 0 saturated heterocycles. The lowest BCUT2D eigenvalue weighted by molar-refractivity contribution is -0.116. The molecule has 1 N–H and O–H groups in total. The summed E-state index contributed by atoms with van der Waals surface area (Å²) in [7, 11) is 1.94. The molecule has 0 saturated carbocycles. The average Bonchev–Trinajstić information content (AvgIpc) is 3.20. The zero-order valence-corrected chi connectivity index (χ0v) is 18.3. The maximum absolute atomic E-state index is 12.4. The van der Waals surface area contributed by atoms with E-state index in [9.17, 15) is 4.79 Å². The summed E-state index contributed by atoms with van der Waals surface area (Å²) < 4.78 is 0. The van der Waals surface area contributed by atoms with E-state index in [-0.39, 0.29) is 5.91 Å². The van der Waals surface area contributed by atoms with Crippen LogP contribution in [0.25, 0.3) is 20.7 Å². The summed E-state index contributed by atoms with van der Waals surface area (Å²) in [5, 5.41) is 4.53. The van der Waals surface area contributed by atoms with E-state index in [1.165, 1.54) is 0 Å². The summed E-state index contributed by atoms with van der Waals surface area (Å²) >= 11 is 7.77. The summed E-state index contributed by atoms with van der Waals surface area (Å²) in [6.07, 6.45) is 1.91. The van der Waals surface area contributed by atoms with Gasteiger partial charge in [0.1, 0.15) is 17.0 Å². The average molecular weight is 437 g/mol. The van der Waals surface area contributed by atoms with Gasteiger partial charge in [-0.1, -0.05) is 48.0 Å². The lowest BCUT2D eigenvalue weighted by atomic mass is 10.2. The van der Waals surface area contributed by atoms with E-state index in [4.69, 9.17) is 11.6 Å². The van der Waals surface area contributed by atoms with Crippen LogP contribution < -0.4 is 10.2 Å². The molecule has 0 radical (unpaired) electrons. The summed E-state index contributed by atoms with van der Waals surface area (Å²) in [6.45, 7) is 2.47. The van der Waals surface area contributed by atoms with Gasteiger partial charge in [-0.25, -0.2) is 9.97 Å². The molecule has 0 spiro atoms. The van der Waals surface area contributed by atoms with Crippen LogP contribution in [0.2, 0.25) is 5.02 Å². The highest BCUT2D eigenvalue weighted by Gasteiger charge is 2.14. The predicted molar refractivity (Wildman–Crippen MR) is 126 cm³/mol. The number of carbonyl (C=O) groups is 1. The minimum absolute atomic E-state index is 0.0673. The molecular weight excluding hydrogens is 416 g/mol. The molecule has 30 heavy (non-hydrogen) atoms. The Morgan fingerprint density at radius 2 is 1.93 bits per heavy atom. The number of benzene rings is 2. The molecule has 2 aromatic heterocycles. The van der Waals surface area contributed by atoms with Crippen LogP contribution in [0.15, 0.2) is 60.9 Å². The van der Waals surface area contributed by atoms with Crippen molar-refractivity contribution in [3.05, 3.63) is 71.5 Å². The zero-order valence-electron chi connectivity index (χ0n) is 16.7. The first-order valence-electron chi connectivity index (χ1n) is 9.58. The molecule has 5 nitrogen and oxygen atoms in total. The Labute approximate surface area is 184 Å². The summed E-state index contributed by atoms with van der Waals surface area (Å²) in [6, 6.07) is 17.9. The molecule has 0 unspecified atom stereocenters. The second-order valence-corrected chi connectivity index (χ2v) is 8.51. The quantitative estimate of drug-likeness (QED) is 0.416. The Hall–Kier alpha value is -2.96. The molecule has 0 bridgehead atoms. The van der Waals surface area contributed by atoms with E-state index in [2.05, 4.69) is 33.5 Å². The SMILES string of the molecule is Cc1ccc(NC(=O)CCN(C)c2ncnc3sc(-c4ccccc4)cc23)cc1Cl. The van der Waals surface area contributed by atoms with Crippen molar-refractivity contribution in [3.8, 4) is 10.4 Å². The molecule has 0 atom stereocenters. The number of amides is 1. The molecule has 2 aromatic carbocycles. The number of thiophene rings is 1. The van der Waals surface area contributed by atoms with Crippen molar-refractivity contribution in [2.45, 2.75) is 13.3 Å². The van der Waals surface area contributed by atoms with E-state index in [0.29, 0.717) is 23.7 Å². The van der Waals surface area contributed by atoms with Gasteiger partial charge < -0.3 is 10.2 Å². The van der Waals surface area contributed by atoms with E-state index in [0.717, 1.165) is 32.0 Å². The molecule has 152 valence electrons. The minimum atomic E-state index is -0.0673. The van der Waals surface area contributed by atoms with Crippen molar-refractivity contribution in [2.75, 3.05) is 23.8 Å².